The van der Waals surface area contributed by atoms with Crippen molar-refractivity contribution in [1.29, 1.82) is 0 Å². The number of furan rings is 1. The lowest BCUT2D eigenvalue weighted by molar-refractivity contribution is 0.623. The number of hydrogen-bond acceptors (Lipinski definition) is 6. The van der Waals surface area contributed by atoms with Gasteiger partial charge in [0.05, 0.1) is 0 Å². The number of para-hydroxylation sites is 1. The topological polar surface area (TPSA) is 77.8 Å². The standard InChI is InChI=1S/C44H26N4O2/c1-3-11-28(12-4-1)41-46-42(48-43(47-41)32-22-24-38-35(26-32)34-18-7-8-20-37(34)49-38)31-17-9-16-30(25-31)33-19-10-15-27-21-23-36-40(39(27)33)50-44(45-36)29-13-5-2-6-14-29/h1-26H. The molecule has 50 heavy (non-hydrogen) atoms. The first kappa shape index (κ1) is 28.1. The predicted molar refractivity (Wildman–Crippen MR) is 199 cm³/mol. The van der Waals surface area contributed by atoms with Crippen LogP contribution in [0.3, 0.4) is 0 Å². The number of aromatic nitrogens is 4. The van der Waals surface area contributed by atoms with Gasteiger partial charge < -0.3 is 8.83 Å². The van der Waals surface area contributed by atoms with Gasteiger partial charge in [0, 0.05) is 38.4 Å². The lowest BCUT2D eigenvalue weighted by atomic mass is 9.96. The van der Waals surface area contributed by atoms with Gasteiger partial charge in [-0.05, 0) is 65.0 Å². The molecule has 0 unspecified atom stereocenters. The van der Waals surface area contributed by atoms with Crippen LogP contribution in [-0.4, -0.2) is 19.9 Å². The van der Waals surface area contributed by atoms with Crippen LogP contribution in [0.4, 0.5) is 0 Å². The molecular weight excluding hydrogens is 617 g/mol. The monoisotopic (exact) mass is 642 g/mol. The molecule has 0 atom stereocenters. The fourth-order valence-electron chi connectivity index (χ4n) is 6.74. The van der Waals surface area contributed by atoms with Crippen LogP contribution in [0, 0.1) is 0 Å². The summed E-state index contributed by atoms with van der Waals surface area (Å²) in [5, 5.41) is 4.17. The lowest BCUT2D eigenvalue weighted by Gasteiger charge is -2.11. The number of fused-ring (bicyclic) bond motifs is 6. The minimum Gasteiger partial charge on any atom is -0.456 e. The number of benzene rings is 7. The Balaban J connectivity index is 1.14. The van der Waals surface area contributed by atoms with Crippen LogP contribution in [-0.2, 0) is 0 Å². The summed E-state index contributed by atoms with van der Waals surface area (Å²) in [7, 11) is 0. The van der Waals surface area contributed by atoms with E-state index in [1.54, 1.807) is 0 Å². The summed E-state index contributed by atoms with van der Waals surface area (Å²) in [6.07, 6.45) is 0. The Kier molecular flexibility index (Phi) is 6.39. The third-order valence-corrected chi connectivity index (χ3v) is 9.15. The largest absolute Gasteiger partial charge is 0.456 e. The molecule has 234 valence electrons. The number of hydrogen-bond donors (Lipinski definition) is 0. The second-order valence-corrected chi connectivity index (χ2v) is 12.3. The molecule has 3 aromatic heterocycles. The van der Waals surface area contributed by atoms with Crippen molar-refractivity contribution in [2.45, 2.75) is 0 Å². The predicted octanol–water partition coefficient (Wildman–Crippen LogP) is 11.4. The molecular formula is C44H26N4O2. The summed E-state index contributed by atoms with van der Waals surface area (Å²) in [5.74, 6) is 2.39. The van der Waals surface area contributed by atoms with Gasteiger partial charge in [0.25, 0.3) is 0 Å². The number of oxazole rings is 1. The normalized spacial score (nSPS) is 11.6. The van der Waals surface area contributed by atoms with E-state index >= 15 is 0 Å². The van der Waals surface area contributed by atoms with Crippen molar-refractivity contribution in [1.82, 2.24) is 19.9 Å². The molecule has 0 saturated carbocycles. The Morgan fingerprint density at radius 3 is 1.84 bits per heavy atom. The quantitative estimate of drug-likeness (QED) is 0.186. The summed E-state index contributed by atoms with van der Waals surface area (Å²) in [6, 6.07) is 53.0. The van der Waals surface area contributed by atoms with E-state index in [0.717, 1.165) is 77.2 Å². The third kappa shape index (κ3) is 4.73. The molecule has 0 fully saturated rings. The van der Waals surface area contributed by atoms with Gasteiger partial charge in [-0.2, -0.15) is 0 Å². The first-order chi connectivity index (χ1) is 24.7. The van der Waals surface area contributed by atoms with E-state index in [9.17, 15) is 0 Å². The van der Waals surface area contributed by atoms with Crippen molar-refractivity contribution in [3.63, 3.8) is 0 Å². The Morgan fingerprint density at radius 2 is 1.02 bits per heavy atom. The highest BCUT2D eigenvalue weighted by atomic mass is 16.3. The molecule has 0 spiro atoms. The first-order valence-corrected chi connectivity index (χ1v) is 16.5. The van der Waals surface area contributed by atoms with Crippen LogP contribution in [0.15, 0.2) is 167 Å². The molecule has 0 aliphatic carbocycles. The molecule has 3 heterocycles. The van der Waals surface area contributed by atoms with Gasteiger partial charge >= 0.3 is 0 Å². The lowest BCUT2D eigenvalue weighted by Crippen LogP contribution is -2.00. The Bertz CT molecular complexity index is 2880. The van der Waals surface area contributed by atoms with Crippen LogP contribution in [0.25, 0.3) is 101 Å². The van der Waals surface area contributed by atoms with Crippen LogP contribution in [0.2, 0.25) is 0 Å². The van der Waals surface area contributed by atoms with Crippen LogP contribution >= 0.6 is 0 Å². The Morgan fingerprint density at radius 1 is 0.380 bits per heavy atom. The summed E-state index contributed by atoms with van der Waals surface area (Å²) < 4.78 is 12.6. The van der Waals surface area contributed by atoms with Crippen LogP contribution in [0.5, 0.6) is 0 Å². The van der Waals surface area contributed by atoms with E-state index in [2.05, 4.69) is 54.6 Å². The van der Waals surface area contributed by atoms with E-state index in [0.29, 0.717) is 23.4 Å². The maximum atomic E-state index is 6.47. The maximum Gasteiger partial charge on any atom is 0.227 e. The molecule has 0 N–H and O–H groups in total. The maximum absolute atomic E-state index is 6.47. The molecule has 0 aliphatic heterocycles. The fraction of sp³-hybridized carbons (Fsp3) is 0. The zero-order chi connectivity index (χ0) is 33.0. The van der Waals surface area contributed by atoms with Crippen molar-refractivity contribution in [2.24, 2.45) is 0 Å². The smallest absolute Gasteiger partial charge is 0.227 e. The van der Waals surface area contributed by atoms with E-state index in [1.165, 1.54) is 0 Å². The van der Waals surface area contributed by atoms with Gasteiger partial charge in [-0.1, -0.05) is 109 Å². The van der Waals surface area contributed by atoms with Crippen molar-refractivity contribution in [3.05, 3.63) is 158 Å². The van der Waals surface area contributed by atoms with E-state index < -0.39 is 0 Å². The molecule has 0 radical (unpaired) electrons. The summed E-state index contributed by atoms with van der Waals surface area (Å²) in [4.78, 5) is 19.9. The van der Waals surface area contributed by atoms with E-state index in [1.807, 2.05) is 103 Å². The summed E-state index contributed by atoms with van der Waals surface area (Å²) >= 11 is 0. The molecule has 6 nitrogen and oxygen atoms in total. The van der Waals surface area contributed by atoms with Crippen molar-refractivity contribution in [3.8, 4) is 56.7 Å². The highest BCUT2D eigenvalue weighted by Gasteiger charge is 2.18. The molecule has 10 rings (SSSR count). The summed E-state index contributed by atoms with van der Waals surface area (Å²) in [5.41, 5.74) is 8.94. The molecule has 0 amide bonds. The van der Waals surface area contributed by atoms with Gasteiger partial charge in [-0.3, -0.25) is 0 Å². The van der Waals surface area contributed by atoms with Crippen molar-refractivity contribution in [2.75, 3.05) is 0 Å². The van der Waals surface area contributed by atoms with E-state index in [-0.39, 0.29) is 0 Å². The second kappa shape index (κ2) is 11.4. The van der Waals surface area contributed by atoms with Gasteiger partial charge in [-0.25, -0.2) is 19.9 Å². The molecule has 0 saturated heterocycles. The Hall–Kier alpha value is -6.92. The second-order valence-electron chi connectivity index (χ2n) is 12.3. The Labute approximate surface area is 286 Å². The average molecular weight is 643 g/mol. The molecule has 0 aliphatic rings. The molecule has 10 aromatic rings. The SMILES string of the molecule is c1ccc(-c2nc(-c3cccc(-c4cccc5ccc6nc(-c7ccccc7)oc6c45)c3)nc(-c3ccc4oc5ccccc5c4c3)n2)cc1. The van der Waals surface area contributed by atoms with Crippen molar-refractivity contribution < 1.29 is 8.83 Å². The van der Waals surface area contributed by atoms with Crippen molar-refractivity contribution >= 4 is 43.8 Å². The highest BCUT2D eigenvalue weighted by Crippen LogP contribution is 2.38. The van der Waals surface area contributed by atoms with Crippen LogP contribution in [0.1, 0.15) is 0 Å². The molecule has 6 heteroatoms. The first-order valence-electron chi connectivity index (χ1n) is 16.5. The van der Waals surface area contributed by atoms with E-state index in [4.69, 9.17) is 28.8 Å². The fourth-order valence-corrected chi connectivity index (χ4v) is 6.74. The highest BCUT2D eigenvalue weighted by molar-refractivity contribution is 6.11. The third-order valence-electron chi connectivity index (χ3n) is 9.15. The summed E-state index contributed by atoms with van der Waals surface area (Å²) in [6.45, 7) is 0. The van der Waals surface area contributed by atoms with Gasteiger partial charge in [0.2, 0.25) is 5.89 Å². The number of rotatable bonds is 5. The molecule has 7 aromatic carbocycles. The van der Waals surface area contributed by atoms with Gasteiger partial charge in [0.15, 0.2) is 23.1 Å². The average Bonchev–Trinajstić information content (AvgIpc) is 3.80. The molecule has 0 bridgehead atoms. The minimum absolute atomic E-state index is 0.587. The zero-order valence-corrected chi connectivity index (χ0v) is 26.6. The zero-order valence-electron chi connectivity index (χ0n) is 26.6. The van der Waals surface area contributed by atoms with Crippen LogP contribution < -0.4 is 0 Å². The minimum atomic E-state index is 0.587. The van der Waals surface area contributed by atoms with Gasteiger partial charge in [0.1, 0.15) is 16.7 Å². The van der Waals surface area contributed by atoms with Gasteiger partial charge in [-0.15, -0.1) is 0 Å². The number of nitrogens with zero attached hydrogens (tertiary/aromatic N) is 4.